The number of nitrogens with zero attached hydrogens (tertiary/aromatic N) is 1. The minimum absolute atomic E-state index is 0.283. The van der Waals surface area contributed by atoms with E-state index in [0.29, 0.717) is 16.9 Å². The minimum Gasteiger partial charge on any atom is -0.490 e. The van der Waals surface area contributed by atoms with Crippen molar-refractivity contribution < 1.29 is 14.3 Å². The van der Waals surface area contributed by atoms with Crippen LogP contribution >= 0.6 is 0 Å². The van der Waals surface area contributed by atoms with Crippen molar-refractivity contribution in [1.82, 2.24) is 0 Å². The molecule has 1 aliphatic rings. The second-order valence-electron chi connectivity index (χ2n) is 6.98. The predicted molar refractivity (Wildman–Crippen MR) is 104 cm³/mol. The molecule has 0 spiro atoms. The Bertz CT molecular complexity index is 821. The lowest BCUT2D eigenvalue weighted by molar-refractivity contribution is 0.0734. The SMILES string of the molecule is CCCCCC[C@@H]1CCc2cc(C(=O)Oc3ccc(C#N)cc3)ccc2O1. The molecule has 0 saturated heterocycles. The first-order valence-corrected chi connectivity index (χ1v) is 9.71. The van der Waals surface area contributed by atoms with Gasteiger partial charge >= 0.3 is 5.97 Å². The third-order valence-electron chi connectivity index (χ3n) is 4.90. The number of hydrogen-bond donors (Lipinski definition) is 0. The Kier molecular flexibility index (Phi) is 6.49. The summed E-state index contributed by atoms with van der Waals surface area (Å²) in [6.07, 6.45) is 8.31. The summed E-state index contributed by atoms with van der Waals surface area (Å²) in [5, 5.41) is 8.82. The molecule has 2 aromatic carbocycles. The first kappa shape index (κ1) is 19.0. The number of fused-ring (bicyclic) bond motifs is 1. The summed E-state index contributed by atoms with van der Waals surface area (Å²) in [6.45, 7) is 2.22. The molecule has 0 fully saturated rings. The molecule has 2 aromatic rings. The molecule has 0 unspecified atom stereocenters. The van der Waals surface area contributed by atoms with Crippen LogP contribution in [0.25, 0.3) is 0 Å². The standard InChI is InChI=1S/C23H25NO3/c1-2-3-4-5-6-20-13-9-18-15-19(10-14-22(18)26-20)23(25)27-21-11-7-17(16-24)8-12-21/h7-8,10-12,14-15,20H,2-6,9,13H2,1H3/t20-/m1/s1. The average molecular weight is 363 g/mol. The molecule has 0 aromatic heterocycles. The Hall–Kier alpha value is -2.80. The van der Waals surface area contributed by atoms with Crippen molar-refractivity contribution in [2.24, 2.45) is 0 Å². The molecule has 1 heterocycles. The van der Waals surface area contributed by atoms with Crippen molar-refractivity contribution in [3.05, 3.63) is 59.2 Å². The van der Waals surface area contributed by atoms with Gasteiger partial charge in [-0.25, -0.2) is 4.79 Å². The lowest BCUT2D eigenvalue weighted by Crippen LogP contribution is -2.23. The lowest BCUT2D eigenvalue weighted by Gasteiger charge is -2.26. The first-order chi connectivity index (χ1) is 13.2. The van der Waals surface area contributed by atoms with E-state index in [1.54, 1.807) is 30.3 Å². The monoisotopic (exact) mass is 363 g/mol. The van der Waals surface area contributed by atoms with Crippen molar-refractivity contribution in [3.8, 4) is 17.6 Å². The molecule has 1 atom stereocenters. The largest absolute Gasteiger partial charge is 0.490 e. The normalized spacial score (nSPS) is 15.3. The smallest absolute Gasteiger partial charge is 0.343 e. The van der Waals surface area contributed by atoms with Gasteiger partial charge in [-0.15, -0.1) is 0 Å². The van der Waals surface area contributed by atoms with Gasteiger partial charge in [0.05, 0.1) is 23.3 Å². The molecule has 140 valence electrons. The van der Waals surface area contributed by atoms with Crippen LogP contribution in [0.5, 0.6) is 11.5 Å². The molecule has 4 heteroatoms. The van der Waals surface area contributed by atoms with Gasteiger partial charge in [0.25, 0.3) is 0 Å². The maximum atomic E-state index is 12.4. The van der Waals surface area contributed by atoms with Crippen LogP contribution in [0.3, 0.4) is 0 Å². The van der Waals surface area contributed by atoms with Crippen molar-refractivity contribution in [1.29, 1.82) is 5.26 Å². The molecule has 4 nitrogen and oxygen atoms in total. The fourth-order valence-corrected chi connectivity index (χ4v) is 3.34. The summed E-state index contributed by atoms with van der Waals surface area (Å²) in [6, 6.07) is 14.1. The maximum absolute atomic E-state index is 12.4. The Morgan fingerprint density at radius 1 is 1.19 bits per heavy atom. The van der Waals surface area contributed by atoms with E-state index in [1.165, 1.54) is 25.7 Å². The Morgan fingerprint density at radius 2 is 2.00 bits per heavy atom. The lowest BCUT2D eigenvalue weighted by atomic mass is 9.97. The highest BCUT2D eigenvalue weighted by molar-refractivity contribution is 5.91. The molecule has 0 N–H and O–H groups in total. The summed E-state index contributed by atoms with van der Waals surface area (Å²) in [5.41, 5.74) is 2.11. The second-order valence-corrected chi connectivity index (χ2v) is 6.98. The maximum Gasteiger partial charge on any atom is 0.343 e. The molecule has 27 heavy (non-hydrogen) atoms. The van der Waals surface area contributed by atoms with Gasteiger partial charge in [0, 0.05) is 0 Å². The Labute approximate surface area is 160 Å². The van der Waals surface area contributed by atoms with E-state index in [1.807, 2.05) is 18.2 Å². The predicted octanol–water partition coefficient (Wildman–Crippen LogP) is 5.44. The van der Waals surface area contributed by atoms with Gasteiger partial charge in [-0.2, -0.15) is 5.26 Å². The minimum atomic E-state index is -0.399. The molecule has 0 bridgehead atoms. The zero-order chi connectivity index (χ0) is 19.1. The molecule has 0 radical (unpaired) electrons. The van der Waals surface area contributed by atoms with E-state index in [0.717, 1.165) is 30.6 Å². The highest BCUT2D eigenvalue weighted by Gasteiger charge is 2.21. The highest BCUT2D eigenvalue weighted by atomic mass is 16.5. The summed E-state index contributed by atoms with van der Waals surface area (Å²) < 4.78 is 11.5. The number of nitriles is 1. The highest BCUT2D eigenvalue weighted by Crippen LogP contribution is 2.30. The zero-order valence-electron chi connectivity index (χ0n) is 15.7. The number of hydrogen-bond acceptors (Lipinski definition) is 4. The summed E-state index contributed by atoms with van der Waals surface area (Å²) >= 11 is 0. The number of esters is 1. The van der Waals surface area contributed by atoms with Gasteiger partial charge < -0.3 is 9.47 Å². The van der Waals surface area contributed by atoms with Crippen molar-refractivity contribution in [2.45, 2.75) is 58.0 Å². The van der Waals surface area contributed by atoms with E-state index in [9.17, 15) is 4.79 Å². The summed E-state index contributed by atoms with van der Waals surface area (Å²) in [5.74, 6) is 0.918. The Morgan fingerprint density at radius 3 is 2.74 bits per heavy atom. The number of carbonyl (C=O) groups excluding carboxylic acids is 1. The van der Waals surface area contributed by atoms with E-state index < -0.39 is 5.97 Å². The number of benzene rings is 2. The van der Waals surface area contributed by atoms with Crippen molar-refractivity contribution in [3.63, 3.8) is 0 Å². The van der Waals surface area contributed by atoms with Crippen LogP contribution in [0.1, 0.15) is 66.9 Å². The summed E-state index contributed by atoms with van der Waals surface area (Å²) in [4.78, 5) is 12.4. The third-order valence-corrected chi connectivity index (χ3v) is 4.90. The van der Waals surface area contributed by atoms with Crippen LogP contribution in [0.2, 0.25) is 0 Å². The van der Waals surface area contributed by atoms with E-state index in [-0.39, 0.29) is 6.10 Å². The molecular formula is C23H25NO3. The van der Waals surface area contributed by atoms with Crippen LogP contribution in [-0.2, 0) is 6.42 Å². The molecule has 0 aliphatic carbocycles. The van der Waals surface area contributed by atoms with Gasteiger partial charge in [0.1, 0.15) is 11.5 Å². The number of aryl methyl sites for hydroxylation is 1. The number of ether oxygens (including phenoxy) is 2. The van der Waals surface area contributed by atoms with Crippen LogP contribution in [0, 0.1) is 11.3 Å². The summed E-state index contributed by atoms with van der Waals surface area (Å²) in [7, 11) is 0. The zero-order valence-corrected chi connectivity index (χ0v) is 15.7. The molecule has 3 rings (SSSR count). The van der Waals surface area contributed by atoms with E-state index in [2.05, 4.69) is 6.92 Å². The fraction of sp³-hybridized carbons (Fsp3) is 0.391. The number of unbranched alkanes of at least 4 members (excludes halogenated alkanes) is 3. The van der Waals surface area contributed by atoms with Gasteiger partial charge in [0.15, 0.2) is 0 Å². The van der Waals surface area contributed by atoms with Gasteiger partial charge in [0.2, 0.25) is 0 Å². The van der Waals surface area contributed by atoms with E-state index in [4.69, 9.17) is 14.7 Å². The number of rotatable bonds is 7. The van der Waals surface area contributed by atoms with Crippen LogP contribution in [-0.4, -0.2) is 12.1 Å². The van der Waals surface area contributed by atoms with Gasteiger partial charge in [-0.05, 0) is 73.7 Å². The van der Waals surface area contributed by atoms with Crippen molar-refractivity contribution in [2.75, 3.05) is 0 Å². The molecule has 0 amide bonds. The second kappa shape index (κ2) is 9.23. The number of carbonyl (C=O) groups is 1. The van der Waals surface area contributed by atoms with Gasteiger partial charge in [-0.3, -0.25) is 0 Å². The quantitative estimate of drug-likeness (QED) is 0.373. The molecule has 1 aliphatic heterocycles. The topological polar surface area (TPSA) is 59.3 Å². The first-order valence-electron chi connectivity index (χ1n) is 9.71. The van der Waals surface area contributed by atoms with Crippen LogP contribution < -0.4 is 9.47 Å². The van der Waals surface area contributed by atoms with E-state index >= 15 is 0 Å². The molecular weight excluding hydrogens is 338 g/mol. The third kappa shape index (κ3) is 5.10. The fourth-order valence-electron chi connectivity index (χ4n) is 3.34. The van der Waals surface area contributed by atoms with Gasteiger partial charge in [-0.1, -0.05) is 26.2 Å². The Balaban J connectivity index is 1.59. The average Bonchev–Trinajstić information content (AvgIpc) is 2.71. The van der Waals surface area contributed by atoms with Crippen LogP contribution in [0.15, 0.2) is 42.5 Å². The molecule has 0 saturated carbocycles. The van der Waals surface area contributed by atoms with Crippen LogP contribution in [0.4, 0.5) is 0 Å². The van der Waals surface area contributed by atoms with Crippen molar-refractivity contribution >= 4 is 5.97 Å².